The molecule has 0 atom stereocenters. The normalized spacial score (nSPS) is 19.0. The zero-order valence-electron chi connectivity index (χ0n) is 14.6. The lowest BCUT2D eigenvalue weighted by molar-refractivity contribution is 0.00578. The maximum Gasteiger partial charge on any atom is 0.494 e. The van der Waals surface area contributed by atoms with Gasteiger partial charge in [-0.05, 0) is 58.1 Å². The van der Waals surface area contributed by atoms with Crippen LogP contribution in [0.4, 0.5) is 0 Å². The maximum atomic E-state index is 12.2. The van der Waals surface area contributed by atoms with E-state index in [0.717, 1.165) is 5.46 Å². The third kappa shape index (κ3) is 3.66. The summed E-state index contributed by atoms with van der Waals surface area (Å²) in [7, 11) is -0.446. The first-order valence-electron chi connectivity index (χ1n) is 7.76. The third-order valence-corrected chi connectivity index (χ3v) is 4.39. The van der Waals surface area contributed by atoms with E-state index in [2.05, 4.69) is 23.6 Å². The molecule has 1 amide bonds. The van der Waals surface area contributed by atoms with Crippen LogP contribution < -0.4 is 10.8 Å². The molecule has 1 heterocycles. The Morgan fingerprint density at radius 1 is 1.21 bits per heavy atom. The minimum Gasteiger partial charge on any atom is -0.399 e. The number of hydrogen-bond donors (Lipinski definition) is 1. The van der Waals surface area contributed by atoms with E-state index in [1.54, 1.807) is 18.2 Å². The van der Waals surface area contributed by atoms with Crippen molar-refractivity contribution >= 4 is 25.2 Å². The van der Waals surface area contributed by atoms with E-state index >= 15 is 0 Å². The molecule has 0 aliphatic carbocycles. The lowest BCUT2D eigenvalue weighted by Crippen LogP contribution is -2.41. The monoisotopic (exact) mass is 328 g/mol. The van der Waals surface area contributed by atoms with Crippen LogP contribution in [-0.4, -0.2) is 30.9 Å². The van der Waals surface area contributed by atoms with Crippen LogP contribution in [0.3, 0.4) is 0 Å². The van der Waals surface area contributed by atoms with Crippen LogP contribution in [0, 0.1) is 0 Å². The van der Waals surface area contributed by atoms with Crippen LogP contribution in [0.15, 0.2) is 53.8 Å². The van der Waals surface area contributed by atoms with E-state index in [4.69, 9.17) is 9.31 Å². The smallest absolute Gasteiger partial charge is 0.399 e. The second kappa shape index (κ2) is 6.75. The van der Waals surface area contributed by atoms with Gasteiger partial charge in [-0.1, -0.05) is 24.8 Å². The van der Waals surface area contributed by atoms with Gasteiger partial charge < -0.3 is 14.6 Å². The average molecular weight is 328 g/mol. The Kier molecular flexibility index (Phi) is 5.11. The van der Waals surface area contributed by atoms with Crippen LogP contribution in [0.2, 0.25) is 0 Å². The zero-order valence-corrected chi connectivity index (χ0v) is 14.6. The molecule has 1 fully saturated rings. The predicted octanol–water partition coefficient (Wildman–Crippen LogP) is 2.69. The number of amides is 1. The molecule has 1 aliphatic rings. The van der Waals surface area contributed by atoms with Gasteiger partial charge in [0.25, 0.3) is 5.91 Å². The largest absolute Gasteiger partial charge is 0.494 e. The summed E-state index contributed by atoms with van der Waals surface area (Å²) >= 11 is 0. The van der Waals surface area contributed by atoms with Crippen LogP contribution in [0.1, 0.15) is 39.5 Å². The number of aliphatic imine (C=N–C) groups is 1. The first-order chi connectivity index (χ1) is 11.2. The van der Waals surface area contributed by atoms with Gasteiger partial charge in [0.15, 0.2) is 0 Å². The lowest BCUT2D eigenvalue weighted by atomic mass is 9.79. The van der Waals surface area contributed by atoms with Gasteiger partial charge in [-0.15, -0.1) is 0 Å². The maximum absolute atomic E-state index is 12.2. The quantitative estimate of drug-likeness (QED) is 0.514. The highest BCUT2D eigenvalue weighted by Gasteiger charge is 2.51. The van der Waals surface area contributed by atoms with Gasteiger partial charge in [0.05, 0.1) is 11.2 Å². The number of hydrogen-bond acceptors (Lipinski definition) is 4. The van der Waals surface area contributed by atoms with Gasteiger partial charge in [-0.2, -0.15) is 0 Å². The van der Waals surface area contributed by atoms with Crippen molar-refractivity contribution < 1.29 is 15.5 Å². The van der Waals surface area contributed by atoms with Crippen LogP contribution >= 0.6 is 0 Å². The van der Waals surface area contributed by atoms with Crippen LogP contribution in [-0.2, 0) is 9.31 Å². The highest BCUT2D eigenvalue weighted by atomic mass is 16.7. The highest BCUT2D eigenvalue weighted by molar-refractivity contribution is 6.62. The van der Waals surface area contributed by atoms with E-state index in [1.165, 1.54) is 6.08 Å². The summed E-state index contributed by atoms with van der Waals surface area (Å²) in [6.07, 6.45) is 3.11. The topological polar surface area (TPSA) is 59.9 Å². The molecule has 1 aromatic rings. The molecule has 0 aromatic heterocycles. The standard InChI is InChI=1S/C18H23BN2O3.H2/c1-7-8-15(20-6)21-16(22)13-9-11-14(12-10-13)19-23-17(2,3)18(4,5)24-19;/h7-12H,1,6H2,2-5H3,(H,21,22);1H/b15-8+;. The molecule has 6 heteroatoms. The molecular weight excluding hydrogens is 303 g/mol. The molecule has 1 aromatic carbocycles. The molecule has 1 aliphatic heterocycles. The molecule has 128 valence electrons. The molecule has 0 unspecified atom stereocenters. The van der Waals surface area contributed by atoms with E-state index in [1.807, 2.05) is 39.8 Å². The predicted molar refractivity (Wildman–Crippen MR) is 99.6 cm³/mol. The number of nitrogens with zero attached hydrogens (tertiary/aromatic N) is 1. The van der Waals surface area contributed by atoms with Gasteiger partial charge >= 0.3 is 7.12 Å². The van der Waals surface area contributed by atoms with Crippen LogP contribution in [0.25, 0.3) is 0 Å². The van der Waals surface area contributed by atoms with Gasteiger partial charge in [-0.25, -0.2) is 4.99 Å². The van der Waals surface area contributed by atoms with Gasteiger partial charge in [0.2, 0.25) is 0 Å². The van der Waals surface area contributed by atoms with Crippen molar-refractivity contribution in [3.05, 3.63) is 54.4 Å². The van der Waals surface area contributed by atoms with E-state index < -0.39 is 18.3 Å². The fraction of sp³-hybridized carbons (Fsp3) is 0.333. The summed E-state index contributed by atoms with van der Waals surface area (Å²) in [4.78, 5) is 15.9. The van der Waals surface area contributed by atoms with Crippen molar-refractivity contribution in [2.45, 2.75) is 38.9 Å². The SMILES string of the molecule is C=C/C=C(\N=C)NC(=O)c1ccc(B2OC(C)(C)C(C)(C)O2)cc1.[HH]. The number of rotatable bonds is 5. The fourth-order valence-corrected chi connectivity index (χ4v) is 2.20. The van der Waals surface area contributed by atoms with Gasteiger partial charge in [0, 0.05) is 6.99 Å². The molecule has 24 heavy (non-hydrogen) atoms. The van der Waals surface area contributed by atoms with Crippen LogP contribution in [0.5, 0.6) is 0 Å². The van der Waals surface area contributed by atoms with Crippen molar-refractivity contribution in [3.63, 3.8) is 0 Å². The number of carbonyl (C=O) groups excluding carboxylic acids is 1. The van der Waals surface area contributed by atoms with E-state index in [9.17, 15) is 4.79 Å². The second-order valence-corrected chi connectivity index (χ2v) is 6.61. The first-order valence-corrected chi connectivity index (χ1v) is 7.76. The Hall–Kier alpha value is -2.18. The Bertz CT molecular complexity index is 668. The molecule has 0 radical (unpaired) electrons. The van der Waals surface area contributed by atoms with Crippen molar-refractivity contribution in [2.75, 3.05) is 0 Å². The van der Waals surface area contributed by atoms with Crippen molar-refractivity contribution in [2.24, 2.45) is 4.99 Å². The van der Waals surface area contributed by atoms with E-state index in [-0.39, 0.29) is 7.33 Å². The Balaban J connectivity index is 0.00000312. The summed E-state index contributed by atoms with van der Waals surface area (Å²) in [6.45, 7) is 15.0. The lowest BCUT2D eigenvalue weighted by Gasteiger charge is -2.32. The molecule has 1 saturated heterocycles. The van der Waals surface area contributed by atoms with E-state index in [0.29, 0.717) is 11.4 Å². The van der Waals surface area contributed by atoms with Crippen molar-refractivity contribution in [1.82, 2.24) is 5.32 Å². The molecule has 2 rings (SSSR count). The van der Waals surface area contributed by atoms with Gasteiger partial charge in [-0.3, -0.25) is 4.79 Å². The third-order valence-electron chi connectivity index (χ3n) is 4.39. The van der Waals surface area contributed by atoms with Crippen molar-refractivity contribution in [1.29, 1.82) is 0 Å². The number of allylic oxidation sites excluding steroid dienone is 2. The summed E-state index contributed by atoms with van der Waals surface area (Å²) in [6, 6.07) is 7.11. The minimum absolute atomic E-state index is 0. The molecule has 1 N–H and O–H groups in total. The summed E-state index contributed by atoms with van der Waals surface area (Å²) in [5.41, 5.74) is 0.587. The summed E-state index contributed by atoms with van der Waals surface area (Å²) in [5.74, 6) is 0.0843. The molecule has 0 spiro atoms. The molecular formula is C18H25BN2O3. The first kappa shape index (κ1) is 18.2. The Morgan fingerprint density at radius 3 is 2.21 bits per heavy atom. The molecule has 5 nitrogen and oxygen atoms in total. The highest BCUT2D eigenvalue weighted by Crippen LogP contribution is 2.36. The Labute approximate surface area is 145 Å². The zero-order chi connectivity index (χ0) is 18.0. The van der Waals surface area contributed by atoms with Crippen molar-refractivity contribution in [3.8, 4) is 0 Å². The number of benzene rings is 1. The number of nitrogens with one attached hydrogen (secondary N) is 1. The minimum atomic E-state index is -0.446. The Morgan fingerprint density at radius 2 is 1.75 bits per heavy atom. The summed E-state index contributed by atoms with van der Waals surface area (Å²) < 4.78 is 12.0. The summed E-state index contributed by atoms with van der Waals surface area (Å²) in [5, 5.41) is 2.66. The molecule has 0 bridgehead atoms. The number of carbonyl (C=O) groups is 1. The molecule has 0 saturated carbocycles. The second-order valence-electron chi connectivity index (χ2n) is 6.61. The average Bonchev–Trinajstić information content (AvgIpc) is 2.75. The fourth-order valence-electron chi connectivity index (χ4n) is 2.20. The van der Waals surface area contributed by atoms with Gasteiger partial charge in [0.1, 0.15) is 5.82 Å².